The molecule has 0 amide bonds. The van der Waals surface area contributed by atoms with Crippen molar-refractivity contribution in [2.45, 2.75) is 20.4 Å². The number of hydrogen-bond acceptors (Lipinski definition) is 5. The second-order valence-corrected chi connectivity index (χ2v) is 4.49. The Hall–Kier alpha value is -2.44. The lowest BCUT2D eigenvalue weighted by Gasteiger charge is -2.08. The first-order chi connectivity index (χ1) is 9.15. The van der Waals surface area contributed by atoms with Crippen LogP contribution in [0.4, 0.5) is 5.82 Å². The van der Waals surface area contributed by atoms with Crippen LogP contribution in [0.2, 0.25) is 0 Å². The van der Waals surface area contributed by atoms with E-state index in [1.807, 2.05) is 37.8 Å². The number of fused-ring (bicyclic) bond motifs is 1. The molecule has 3 aromatic rings. The highest BCUT2D eigenvalue weighted by atomic mass is 15.4. The van der Waals surface area contributed by atoms with Gasteiger partial charge in [-0.15, -0.1) is 0 Å². The average Bonchev–Trinajstić information content (AvgIpc) is 2.96. The molecule has 1 N–H and O–H groups in total. The van der Waals surface area contributed by atoms with Crippen LogP contribution in [0, 0.1) is 13.8 Å². The van der Waals surface area contributed by atoms with Crippen LogP contribution in [0.5, 0.6) is 0 Å². The molecular weight excluding hydrogens is 242 g/mol. The number of hydrogen-bond donors (Lipinski definition) is 1. The van der Waals surface area contributed by atoms with Gasteiger partial charge in [-0.1, -0.05) is 0 Å². The maximum atomic E-state index is 4.31. The summed E-state index contributed by atoms with van der Waals surface area (Å²) in [6.07, 6.45) is 3.37. The lowest BCUT2D eigenvalue weighted by atomic mass is 10.2. The van der Waals surface area contributed by atoms with E-state index < -0.39 is 0 Å². The van der Waals surface area contributed by atoms with Gasteiger partial charge >= 0.3 is 0 Å². The van der Waals surface area contributed by atoms with Gasteiger partial charge in [0.15, 0.2) is 0 Å². The van der Waals surface area contributed by atoms with Crippen LogP contribution in [0.3, 0.4) is 0 Å². The third kappa shape index (κ3) is 2.03. The molecule has 0 aliphatic heterocycles. The van der Waals surface area contributed by atoms with Crippen LogP contribution in [0.25, 0.3) is 5.78 Å². The molecular formula is C12H15N7. The summed E-state index contributed by atoms with van der Waals surface area (Å²) in [7, 11) is 1.94. The smallest absolute Gasteiger partial charge is 0.254 e. The maximum absolute atomic E-state index is 4.31. The molecule has 0 aromatic carbocycles. The monoisotopic (exact) mass is 257 g/mol. The number of anilines is 1. The minimum atomic E-state index is 0.602. The van der Waals surface area contributed by atoms with Crippen molar-refractivity contribution in [1.29, 1.82) is 0 Å². The Morgan fingerprint density at radius 3 is 2.84 bits per heavy atom. The normalized spacial score (nSPS) is 11.1. The van der Waals surface area contributed by atoms with Crippen LogP contribution in [-0.4, -0.2) is 29.4 Å². The van der Waals surface area contributed by atoms with Gasteiger partial charge in [-0.05, 0) is 13.8 Å². The summed E-state index contributed by atoms with van der Waals surface area (Å²) in [5, 5.41) is 11.7. The number of aryl methyl sites for hydroxylation is 2. The average molecular weight is 257 g/mol. The Morgan fingerprint density at radius 2 is 2.11 bits per heavy atom. The van der Waals surface area contributed by atoms with E-state index in [1.165, 1.54) is 6.33 Å². The van der Waals surface area contributed by atoms with Crippen molar-refractivity contribution < 1.29 is 0 Å². The molecule has 0 spiro atoms. The molecule has 0 radical (unpaired) electrons. The van der Waals surface area contributed by atoms with Crippen LogP contribution in [0.1, 0.15) is 17.0 Å². The van der Waals surface area contributed by atoms with E-state index in [9.17, 15) is 0 Å². The number of nitrogens with zero attached hydrogens (tertiary/aromatic N) is 6. The second kappa shape index (κ2) is 4.34. The van der Waals surface area contributed by atoms with Crippen molar-refractivity contribution in [3.05, 3.63) is 35.5 Å². The summed E-state index contributed by atoms with van der Waals surface area (Å²) in [4.78, 5) is 8.41. The second-order valence-electron chi connectivity index (χ2n) is 4.49. The number of rotatable bonds is 3. The van der Waals surface area contributed by atoms with Crippen LogP contribution >= 0.6 is 0 Å². The molecule has 0 aliphatic carbocycles. The van der Waals surface area contributed by atoms with Gasteiger partial charge in [-0.2, -0.15) is 19.7 Å². The van der Waals surface area contributed by atoms with E-state index in [2.05, 4.69) is 25.5 Å². The summed E-state index contributed by atoms with van der Waals surface area (Å²) < 4.78 is 3.55. The first-order valence-corrected chi connectivity index (χ1v) is 6.04. The van der Waals surface area contributed by atoms with Crippen LogP contribution in [-0.2, 0) is 13.6 Å². The first-order valence-electron chi connectivity index (χ1n) is 6.04. The van der Waals surface area contributed by atoms with Gasteiger partial charge in [0.1, 0.15) is 12.1 Å². The van der Waals surface area contributed by atoms with Crippen molar-refractivity contribution >= 4 is 11.6 Å². The minimum absolute atomic E-state index is 0.602. The van der Waals surface area contributed by atoms with Gasteiger partial charge in [0.25, 0.3) is 5.78 Å². The summed E-state index contributed by atoms with van der Waals surface area (Å²) in [5.41, 5.74) is 3.21. The van der Waals surface area contributed by atoms with Crippen molar-refractivity contribution in [2.24, 2.45) is 7.05 Å². The quantitative estimate of drug-likeness (QED) is 0.760. The number of aromatic nitrogens is 6. The number of nitrogens with one attached hydrogen (secondary N) is 1. The molecule has 0 fully saturated rings. The predicted octanol–water partition coefficient (Wildman–Crippen LogP) is 1.09. The van der Waals surface area contributed by atoms with Crippen molar-refractivity contribution in [3.8, 4) is 0 Å². The molecule has 0 saturated heterocycles. The van der Waals surface area contributed by atoms with Crippen LogP contribution < -0.4 is 5.32 Å². The van der Waals surface area contributed by atoms with Gasteiger partial charge in [0.2, 0.25) is 0 Å². The van der Waals surface area contributed by atoms with E-state index in [0.29, 0.717) is 12.3 Å². The van der Waals surface area contributed by atoms with Crippen molar-refractivity contribution in [1.82, 2.24) is 29.4 Å². The Labute approximate surface area is 110 Å². The zero-order valence-corrected chi connectivity index (χ0v) is 11.1. The molecule has 0 aliphatic rings. The molecule has 7 heteroatoms. The zero-order chi connectivity index (χ0) is 13.4. The fourth-order valence-corrected chi connectivity index (χ4v) is 1.96. The van der Waals surface area contributed by atoms with E-state index in [1.54, 1.807) is 4.52 Å². The Morgan fingerprint density at radius 1 is 1.26 bits per heavy atom. The highest BCUT2D eigenvalue weighted by molar-refractivity contribution is 5.45. The summed E-state index contributed by atoms with van der Waals surface area (Å²) in [6, 6.07) is 1.95. The zero-order valence-electron chi connectivity index (χ0n) is 11.1. The van der Waals surface area contributed by atoms with E-state index in [0.717, 1.165) is 22.8 Å². The Kier molecular flexibility index (Phi) is 2.66. The Balaban J connectivity index is 1.89. The third-order valence-electron chi connectivity index (χ3n) is 3.18. The fraction of sp³-hybridized carbons (Fsp3) is 0.333. The molecule has 3 heterocycles. The lowest BCUT2D eigenvalue weighted by Crippen LogP contribution is -2.07. The van der Waals surface area contributed by atoms with Gasteiger partial charge < -0.3 is 5.32 Å². The van der Waals surface area contributed by atoms with Gasteiger partial charge in [0.05, 0.1) is 6.20 Å². The van der Waals surface area contributed by atoms with E-state index in [4.69, 9.17) is 0 Å². The van der Waals surface area contributed by atoms with E-state index >= 15 is 0 Å². The standard InChI is InChI=1S/C12H15N7/c1-8-4-11(19-12(17-8)14-7-16-19)13-5-10-6-15-18(3)9(10)2/h4,6-7,13H,5H2,1-3H3. The van der Waals surface area contributed by atoms with Crippen LogP contribution in [0.15, 0.2) is 18.6 Å². The third-order valence-corrected chi connectivity index (χ3v) is 3.18. The summed E-state index contributed by atoms with van der Waals surface area (Å²) in [5.74, 6) is 1.48. The largest absolute Gasteiger partial charge is 0.366 e. The molecule has 0 saturated carbocycles. The minimum Gasteiger partial charge on any atom is -0.366 e. The topological polar surface area (TPSA) is 72.9 Å². The van der Waals surface area contributed by atoms with Gasteiger partial charge in [-0.3, -0.25) is 4.68 Å². The predicted molar refractivity (Wildman–Crippen MR) is 70.8 cm³/mol. The maximum Gasteiger partial charge on any atom is 0.254 e. The SMILES string of the molecule is Cc1cc(NCc2cnn(C)c2C)n2ncnc2n1. The molecule has 3 rings (SSSR count). The molecule has 0 atom stereocenters. The molecule has 98 valence electrons. The highest BCUT2D eigenvalue weighted by Gasteiger charge is 2.07. The molecule has 7 nitrogen and oxygen atoms in total. The molecule has 19 heavy (non-hydrogen) atoms. The highest BCUT2D eigenvalue weighted by Crippen LogP contribution is 2.13. The molecule has 0 unspecified atom stereocenters. The van der Waals surface area contributed by atoms with E-state index in [-0.39, 0.29) is 0 Å². The van der Waals surface area contributed by atoms with Gasteiger partial charge in [-0.25, -0.2) is 4.98 Å². The first kappa shape index (κ1) is 11.6. The molecule has 0 bridgehead atoms. The van der Waals surface area contributed by atoms with Crippen molar-refractivity contribution in [2.75, 3.05) is 5.32 Å². The fourth-order valence-electron chi connectivity index (χ4n) is 1.96. The lowest BCUT2D eigenvalue weighted by molar-refractivity contribution is 0.738. The molecule has 3 aromatic heterocycles. The van der Waals surface area contributed by atoms with Gasteiger partial charge in [0, 0.05) is 36.6 Å². The Bertz CT molecular complexity index is 725. The van der Waals surface area contributed by atoms with Crippen molar-refractivity contribution in [3.63, 3.8) is 0 Å². The summed E-state index contributed by atoms with van der Waals surface area (Å²) >= 11 is 0. The summed E-state index contributed by atoms with van der Waals surface area (Å²) in [6.45, 7) is 4.68.